The lowest BCUT2D eigenvalue weighted by atomic mass is 9.96. The smallest absolute Gasteiger partial charge is 0.321 e. The number of ether oxygens (including phenoxy) is 21. The van der Waals surface area contributed by atoms with E-state index in [4.69, 9.17) is 115 Å². The first-order valence-electron chi connectivity index (χ1n) is 44.3. The molecule has 3 fully saturated rings. The lowest BCUT2D eigenvalue weighted by Gasteiger charge is -2.44. The fourth-order valence-corrected chi connectivity index (χ4v) is 15.7. The Morgan fingerprint density at radius 2 is 0.684 bits per heavy atom. The van der Waals surface area contributed by atoms with Gasteiger partial charge in [0, 0.05) is 121 Å². The molecule has 3 aliphatic rings. The number of rotatable bonds is 62. The average molecular weight is 1950 g/mol. The zero-order valence-corrected chi connectivity index (χ0v) is 80.7. The molecule has 47 heteroatoms. The van der Waals surface area contributed by atoms with E-state index in [1.54, 1.807) is 0 Å². The minimum absolute atomic E-state index is 0.00188. The number of nitrogens with one attached hydrogen (secondary N) is 6. The Balaban J connectivity index is 1.32. The van der Waals surface area contributed by atoms with Crippen molar-refractivity contribution >= 4 is 97.7 Å². The van der Waals surface area contributed by atoms with Crippen molar-refractivity contribution in [1.82, 2.24) is 41.5 Å². The number of esters is 9. The van der Waals surface area contributed by atoms with Crippen LogP contribution in [-0.2, 0) is 182 Å². The van der Waals surface area contributed by atoms with Crippen molar-refractivity contribution < 1.29 is 180 Å². The third kappa shape index (κ3) is 44.4. The first-order valence-corrected chi connectivity index (χ1v) is 45.5. The third-order valence-corrected chi connectivity index (χ3v) is 21.5. The number of hydrogen-bond donors (Lipinski definition) is 6. The van der Waals surface area contributed by atoms with Gasteiger partial charge in [-0.2, -0.15) is 0 Å². The van der Waals surface area contributed by atoms with Gasteiger partial charge in [-0.1, -0.05) is 36.4 Å². The van der Waals surface area contributed by atoms with Crippen LogP contribution in [0.2, 0.25) is 0 Å². The highest BCUT2D eigenvalue weighted by atomic mass is 31.2. The van der Waals surface area contributed by atoms with E-state index in [1.165, 1.54) is 25.7 Å². The third-order valence-electron chi connectivity index (χ3n) is 19.4. The Morgan fingerprint density at radius 3 is 0.985 bits per heavy atom. The lowest BCUT2D eigenvalue weighted by molar-refractivity contribution is -0.279. The molecule has 17 atom stereocenters. The van der Waals surface area contributed by atoms with Crippen LogP contribution in [0.25, 0.3) is 11.1 Å². The standard InChI is InChI=1S/C89H133N8O38P/c1-18-19-31-125-136(97(53(2)3)54(4)5)135-70-26-24-69(25-27-70)68-22-20-67(21-23-68)47-71(86(112)92-30-34-115-37-40-118-43-46-121-89-79(95-57(8)100)85(131-66(17)109)82(128-63(14)106)74(134-89)52-124-60(11)103)96(48-75(110)90-28-32-113-35-38-116-41-44-119-87-77(93-55(6)98)83(129-64(15)107)80(126-61(12)104)72(132-87)50-122-58(9)101)49-76(111)91-29-33-114-36-39-117-42-45-120-88-78(94-56(7)99)84(130-65(16)108)81(127-62(13)105)73(133-88)51-123-59(10)102/h1,20-27,53-54,71-74,77-85,87-89H,19,28-52H2,2-17H3,(H,90,110)(H,91,111)(H,92,112)(H,93,98)(H,94,99)(H,95,100). The van der Waals surface area contributed by atoms with Crippen molar-refractivity contribution in [3.63, 3.8) is 0 Å². The van der Waals surface area contributed by atoms with Crippen LogP contribution in [0.3, 0.4) is 0 Å². The summed E-state index contributed by atoms with van der Waals surface area (Å²) in [7, 11) is -1.55. The van der Waals surface area contributed by atoms with Gasteiger partial charge in [-0.25, -0.2) is 4.67 Å². The summed E-state index contributed by atoms with van der Waals surface area (Å²) in [5, 5.41) is 16.4. The number of carbonyl (C=O) groups is 15. The van der Waals surface area contributed by atoms with Gasteiger partial charge in [0.1, 0.15) is 62.0 Å². The van der Waals surface area contributed by atoms with E-state index < -0.39 is 229 Å². The second-order valence-electron chi connectivity index (χ2n) is 31.5. The summed E-state index contributed by atoms with van der Waals surface area (Å²) in [6, 6.07) is 10.1. The highest BCUT2D eigenvalue weighted by Crippen LogP contribution is 2.47. The van der Waals surface area contributed by atoms with Gasteiger partial charge in [0.25, 0.3) is 0 Å². The van der Waals surface area contributed by atoms with E-state index >= 15 is 0 Å². The van der Waals surface area contributed by atoms with Gasteiger partial charge < -0.3 is 140 Å². The number of amides is 6. The Labute approximate surface area is 791 Å². The number of benzene rings is 2. The van der Waals surface area contributed by atoms with Crippen molar-refractivity contribution in [1.29, 1.82) is 0 Å². The molecule has 46 nitrogen and oxygen atoms in total. The second-order valence-corrected chi connectivity index (χ2v) is 32.8. The summed E-state index contributed by atoms with van der Waals surface area (Å²) >= 11 is 0. The van der Waals surface area contributed by atoms with Gasteiger partial charge in [0.05, 0.1) is 125 Å². The molecule has 0 aromatic heterocycles. The molecule has 17 unspecified atom stereocenters. The van der Waals surface area contributed by atoms with E-state index in [2.05, 4.69) is 70.2 Å². The van der Waals surface area contributed by atoms with E-state index in [-0.39, 0.29) is 137 Å². The zero-order valence-electron chi connectivity index (χ0n) is 79.8. The Morgan fingerprint density at radius 1 is 0.382 bits per heavy atom. The van der Waals surface area contributed by atoms with Crippen LogP contribution in [-0.4, -0.2) is 367 Å². The molecule has 0 spiro atoms. The number of terminal acetylenes is 1. The highest BCUT2D eigenvalue weighted by molar-refractivity contribution is 7.45. The molecule has 0 radical (unpaired) electrons. The van der Waals surface area contributed by atoms with E-state index in [9.17, 15) is 71.9 Å². The van der Waals surface area contributed by atoms with Gasteiger partial charge in [-0.3, -0.25) is 76.8 Å². The van der Waals surface area contributed by atoms with Crippen LogP contribution in [0.1, 0.15) is 123 Å². The summed E-state index contributed by atoms with van der Waals surface area (Å²) < 4.78 is 134. The summed E-state index contributed by atoms with van der Waals surface area (Å²) in [6.07, 6.45) is -9.77. The number of carbonyl (C=O) groups excluding carboxylic acids is 15. The summed E-state index contributed by atoms with van der Waals surface area (Å²) in [4.78, 5) is 192. The minimum atomic E-state index is -1.55. The first kappa shape index (κ1) is 116. The number of hydrogen-bond acceptors (Lipinski definition) is 40. The van der Waals surface area contributed by atoms with Crippen LogP contribution in [0.4, 0.5) is 0 Å². The summed E-state index contributed by atoms with van der Waals surface area (Å²) in [5.74, 6) is -7.15. The molecule has 136 heavy (non-hydrogen) atoms. The molecule has 6 amide bonds. The van der Waals surface area contributed by atoms with Gasteiger partial charge in [-0.05, 0) is 62.9 Å². The molecule has 3 aliphatic heterocycles. The monoisotopic (exact) mass is 1950 g/mol. The molecule has 3 saturated heterocycles. The van der Waals surface area contributed by atoms with E-state index in [1.807, 2.05) is 48.5 Å². The van der Waals surface area contributed by atoms with Gasteiger partial charge >= 0.3 is 62.2 Å². The fourth-order valence-electron chi connectivity index (χ4n) is 14.1. The molecule has 0 aliphatic carbocycles. The quantitative estimate of drug-likeness (QED) is 0.0175. The molecule has 0 bridgehead atoms. The Bertz CT molecular complexity index is 4010. The van der Waals surface area contributed by atoms with Crippen LogP contribution < -0.4 is 36.4 Å². The predicted octanol–water partition coefficient (Wildman–Crippen LogP) is 0.797. The number of nitrogens with zero attached hydrogens (tertiary/aromatic N) is 2. The van der Waals surface area contributed by atoms with Crippen LogP contribution in [0.5, 0.6) is 5.75 Å². The SMILES string of the molecule is C#CCCOP(Oc1ccc(-c2ccc(CC(C(=O)NCCOCCOCCOC3OC(COC(C)=O)C(OC(C)=O)C(OC(C)=O)C3NC(C)=O)N(CC(=O)NCCOCCOCCOC3OC(COC(C)=O)C(OC(C)=O)C(OC(C)=O)C3NC(C)=O)CC(=O)NCCOCCOCCOC3OC(COC(C)=O)C(OC(C)=O)C(OC(C)=O)C3NC(C)=O)cc2)cc1)N(C(C)C)C(C)C. The highest BCUT2D eigenvalue weighted by Gasteiger charge is 2.55. The van der Waals surface area contributed by atoms with Crippen LogP contribution in [0, 0.1) is 12.3 Å². The van der Waals surface area contributed by atoms with Gasteiger partial charge in [0.15, 0.2) is 55.5 Å². The molecular weight excluding hydrogens is 1820 g/mol. The Hall–Kier alpha value is -10.3. The van der Waals surface area contributed by atoms with E-state index in [0.29, 0.717) is 24.3 Å². The van der Waals surface area contributed by atoms with Crippen molar-refractivity contribution in [2.75, 3.05) is 158 Å². The summed E-state index contributed by atoms with van der Waals surface area (Å²) in [5.41, 5.74) is 2.24. The molecule has 2 aromatic carbocycles. The maximum absolute atomic E-state index is 14.9. The van der Waals surface area contributed by atoms with Gasteiger partial charge in [-0.15, -0.1) is 12.3 Å². The molecule has 3 heterocycles. The van der Waals surface area contributed by atoms with Crippen molar-refractivity contribution in [3.8, 4) is 29.2 Å². The Kier molecular flexibility index (Phi) is 54.0. The molecule has 5 rings (SSSR count). The molecular formula is C89H133N8O38P. The maximum Gasteiger partial charge on any atom is 0.321 e. The fraction of sp³-hybridized carbons (Fsp3) is 0.674. The topological polar surface area (TPSA) is 547 Å². The second kappa shape index (κ2) is 63.2. The van der Waals surface area contributed by atoms with Crippen LogP contribution in [0.15, 0.2) is 48.5 Å². The average Bonchev–Trinajstić information content (AvgIpc) is 0.775. The largest absolute Gasteiger partial charge is 0.463 e. The van der Waals surface area contributed by atoms with Gasteiger partial charge in [0.2, 0.25) is 35.4 Å². The summed E-state index contributed by atoms with van der Waals surface area (Å²) in [6.45, 7) is 18.9. The van der Waals surface area contributed by atoms with Crippen molar-refractivity contribution in [3.05, 3.63) is 54.1 Å². The molecule has 6 N–H and O–H groups in total. The van der Waals surface area contributed by atoms with Crippen molar-refractivity contribution in [2.45, 2.75) is 234 Å². The maximum atomic E-state index is 14.9. The normalized spacial score (nSPS) is 21.7. The predicted molar refractivity (Wildman–Crippen MR) is 474 cm³/mol. The van der Waals surface area contributed by atoms with Crippen molar-refractivity contribution in [2.24, 2.45) is 0 Å². The zero-order chi connectivity index (χ0) is 100. The molecule has 2 aromatic rings. The lowest BCUT2D eigenvalue weighted by Crippen LogP contribution is -2.66. The van der Waals surface area contributed by atoms with Crippen LogP contribution >= 0.6 is 8.53 Å². The van der Waals surface area contributed by atoms with E-state index in [0.717, 1.165) is 73.4 Å². The first-order chi connectivity index (χ1) is 64.7. The molecule has 762 valence electrons. The minimum Gasteiger partial charge on any atom is -0.463 e. The molecule has 0 saturated carbocycles.